The molecule has 3 heteroatoms. The van der Waals surface area contributed by atoms with Crippen molar-refractivity contribution >= 4 is 0 Å². The minimum atomic E-state index is -0.843. The monoisotopic (exact) mass is 75.0 g/mol. The van der Waals surface area contributed by atoms with E-state index in [9.17, 15) is 0 Å². The minimum absolute atomic E-state index is 0.694. The topological polar surface area (TPSA) is 66.5 Å². The van der Waals surface area contributed by atoms with E-state index in [1.54, 1.807) is 0 Å². The third kappa shape index (κ3) is 3.14. The second-order valence-electron chi connectivity index (χ2n) is 0.525. The molecule has 0 heterocycles. The summed E-state index contributed by atoms with van der Waals surface area (Å²) in [7, 11) is 0. The Balaban J connectivity index is 3.14. The number of rotatable bonds is 0. The number of nitrogens with two attached hydrogens (primary N) is 1. The van der Waals surface area contributed by atoms with Crippen molar-refractivity contribution in [2.45, 2.75) is 0 Å². The smallest absolute Gasteiger partial charge is 0.290 e. The molecule has 0 saturated heterocycles. The van der Waals surface area contributed by atoms with Crippen molar-refractivity contribution in [2.24, 2.45) is 5.73 Å². The summed E-state index contributed by atoms with van der Waals surface area (Å²) in [6, 6.07) is 0. The Labute approximate surface area is 29.3 Å². The van der Waals surface area contributed by atoms with Gasteiger partial charge in [0, 0.05) is 0 Å². The lowest BCUT2D eigenvalue weighted by molar-refractivity contribution is 0.190. The predicted molar refractivity (Wildman–Crippen MR) is 17.5 cm³/mol. The zero-order chi connectivity index (χ0) is 4.28. The molecule has 0 amide bonds. The first-order valence-corrected chi connectivity index (χ1v) is 1.07. The Morgan fingerprint density at radius 3 is 1.80 bits per heavy atom. The Hall–Kier alpha value is -0.860. The summed E-state index contributed by atoms with van der Waals surface area (Å²) in [5.41, 5.74) is 4.51. The van der Waals surface area contributed by atoms with E-state index in [-0.39, 0.29) is 0 Å². The zero-order valence-corrected chi connectivity index (χ0v) is 2.55. The standard InChI is InChI=1S/C2H5NO2/c3-1-2(4)5/h1,4-5H,3H2. The number of aliphatic hydroxyl groups is 2. The highest BCUT2D eigenvalue weighted by Crippen LogP contribution is 1.64. The first-order chi connectivity index (χ1) is 2.27. The number of hydrogen-bond acceptors (Lipinski definition) is 3. The van der Waals surface area contributed by atoms with Crippen molar-refractivity contribution in [3.05, 3.63) is 12.1 Å². The predicted octanol–water partition coefficient (Wildman–Crippen LogP) is -0.140. The van der Waals surface area contributed by atoms with Gasteiger partial charge in [0.25, 0.3) is 5.95 Å². The molecule has 0 aliphatic carbocycles. The molecule has 0 aliphatic rings. The Bertz CT molecular complexity index is 45.6. The van der Waals surface area contributed by atoms with Crippen LogP contribution in [0.5, 0.6) is 0 Å². The molecule has 0 radical (unpaired) electrons. The van der Waals surface area contributed by atoms with Gasteiger partial charge in [0.1, 0.15) is 0 Å². The van der Waals surface area contributed by atoms with Crippen LogP contribution in [-0.2, 0) is 0 Å². The second-order valence-corrected chi connectivity index (χ2v) is 0.525. The maximum absolute atomic E-state index is 7.65. The van der Waals surface area contributed by atoms with Crippen molar-refractivity contribution in [1.82, 2.24) is 0 Å². The summed E-state index contributed by atoms with van der Waals surface area (Å²) in [4.78, 5) is 0. The molecule has 4 N–H and O–H groups in total. The van der Waals surface area contributed by atoms with Crippen molar-refractivity contribution in [3.63, 3.8) is 0 Å². The van der Waals surface area contributed by atoms with E-state index < -0.39 is 5.95 Å². The molecule has 0 aromatic rings. The van der Waals surface area contributed by atoms with Gasteiger partial charge in [-0.25, -0.2) is 0 Å². The fraction of sp³-hybridized carbons (Fsp3) is 0. The molecule has 0 spiro atoms. The van der Waals surface area contributed by atoms with Crippen LogP contribution < -0.4 is 5.73 Å². The highest BCUT2D eigenvalue weighted by Gasteiger charge is 1.67. The van der Waals surface area contributed by atoms with Crippen molar-refractivity contribution in [2.75, 3.05) is 0 Å². The average molecular weight is 75.1 g/mol. The normalized spacial score (nSPS) is 6.40. The zero-order valence-electron chi connectivity index (χ0n) is 2.55. The minimum Gasteiger partial charge on any atom is -0.480 e. The largest absolute Gasteiger partial charge is 0.480 e. The van der Waals surface area contributed by atoms with Crippen LogP contribution in [0.2, 0.25) is 0 Å². The van der Waals surface area contributed by atoms with Gasteiger partial charge in [0.05, 0.1) is 6.20 Å². The average Bonchev–Trinajstić information content (AvgIpc) is 1.38. The van der Waals surface area contributed by atoms with E-state index >= 15 is 0 Å². The van der Waals surface area contributed by atoms with Gasteiger partial charge in [0.2, 0.25) is 0 Å². The quantitative estimate of drug-likeness (QED) is 0.351. The van der Waals surface area contributed by atoms with Gasteiger partial charge in [-0.05, 0) is 0 Å². The molecule has 0 bridgehead atoms. The van der Waals surface area contributed by atoms with Gasteiger partial charge in [-0.1, -0.05) is 0 Å². The fourth-order valence-corrected chi connectivity index (χ4v) is 0. The Morgan fingerprint density at radius 1 is 1.60 bits per heavy atom. The Morgan fingerprint density at radius 2 is 1.80 bits per heavy atom. The third-order valence-electron chi connectivity index (χ3n) is 0.149. The molecule has 30 valence electrons. The van der Waals surface area contributed by atoms with E-state index in [1.807, 2.05) is 0 Å². The van der Waals surface area contributed by atoms with Crippen molar-refractivity contribution in [3.8, 4) is 0 Å². The van der Waals surface area contributed by atoms with Gasteiger partial charge in [-0.15, -0.1) is 0 Å². The first kappa shape index (κ1) is 4.14. The van der Waals surface area contributed by atoms with Crippen molar-refractivity contribution in [1.29, 1.82) is 0 Å². The van der Waals surface area contributed by atoms with Gasteiger partial charge < -0.3 is 15.9 Å². The molecule has 0 aromatic carbocycles. The van der Waals surface area contributed by atoms with Crippen LogP contribution in [0.4, 0.5) is 0 Å². The highest BCUT2D eigenvalue weighted by atomic mass is 16.5. The number of aliphatic hydroxyl groups excluding tert-OH is 1. The molecule has 3 nitrogen and oxygen atoms in total. The van der Waals surface area contributed by atoms with Crippen molar-refractivity contribution < 1.29 is 10.2 Å². The summed E-state index contributed by atoms with van der Waals surface area (Å²) in [6.45, 7) is 0. The number of hydrogen-bond donors (Lipinski definition) is 3. The third-order valence-corrected chi connectivity index (χ3v) is 0.149. The molecule has 0 atom stereocenters. The molecule has 0 aromatic heterocycles. The molecule has 5 heavy (non-hydrogen) atoms. The van der Waals surface area contributed by atoms with Crippen LogP contribution in [0, 0.1) is 0 Å². The molecule has 0 fully saturated rings. The Kier molecular flexibility index (Phi) is 1.21. The van der Waals surface area contributed by atoms with E-state index in [0.29, 0.717) is 6.20 Å². The van der Waals surface area contributed by atoms with Crippen LogP contribution in [0.25, 0.3) is 0 Å². The summed E-state index contributed by atoms with van der Waals surface area (Å²) >= 11 is 0. The van der Waals surface area contributed by atoms with Gasteiger partial charge in [-0.3, -0.25) is 0 Å². The maximum atomic E-state index is 7.65. The van der Waals surface area contributed by atoms with Gasteiger partial charge >= 0.3 is 0 Å². The molecule has 0 rings (SSSR count). The summed E-state index contributed by atoms with van der Waals surface area (Å²) in [5, 5.41) is 15.3. The summed E-state index contributed by atoms with van der Waals surface area (Å²) in [6.07, 6.45) is 0.694. The lowest BCUT2D eigenvalue weighted by Crippen LogP contribution is -1.82. The van der Waals surface area contributed by atoms with Crippen LogP contribution in [-0.4, -0.2) is 10.2 Å². The lowest BCUT2D eigenvalue weighted by atomic mass is 10.9. The summed E-state index contributed by atoms with van der Waals surface area (Å²) in [5.74, 6) is -0.843. The van der Waals surface area contributed by atoms with E-state index in [2.05, 4.69) is 5.73 Å². The maximum Gasteiger partial charge on any atom is 0.290 e. The van der Waals surface area contributed by atoms with Gasteiger partial charge in [-0.2, -0.15) is 0 Å². The molecule has 0 unspecified atom stereocenters. The van der Waals surface area contributed by atoms with E-state index in [0.717, 1.165) is 0 Å². The van der Waals surface area contributed by atoms with E-state index in [4.69, 9.17) is 10.2 Å². The lowest BCUT2D eigenvalue weighted by Gasteiger charge is -1.75. The SMILES string of the molecule is NC=C(O)O. The van der Waals surface area contributed by atoms with Gasteiger partial charge in [0.15, 0.2) is 0 Å². The van der Waals surface area contributed by atoms with Crippen LogP contribution in [0.15, 0.2) is 12.1 Å². The molecular formula is C2H5NO2. The van der Waals surface area contributed by atoms with Crippen LogP contribution in [0.3, 0.4) is 0 Å². The molecule has 0 saturated carbocycles. The van der Waals surface area contributed by atoms with Crippen LogP contribution in [0.1, 0.15) is 0 Å². The van der Waals surface area contributed by atoms with E-state index in [1.165, 1.54) is 0 Å². The summed E-state index contributed by atoms with van der Waals surface area (Å²) < 4.78 is 0. The fourth-order valence-electron chi connectivity index (χ4n) is 0. The molecular weight excluding hydrogens is 70.0 g/mol. The highest BCUT2D eigenvalue weighted by molar-refractivity contribution is 4.69. The second kappa shape index (κ2) is 1.46. The first-order valence-electron chi connectivity index (χ1n) is 1.07. The van der Waals surface area contributed by atoms with Crippen LogP contribution >= 0.6 is 0 Å². The molecule has 0 aliphatic heterocycles.